The van der Waals surface area contributed by atoms with Gasteiger partial charge in [0.25, 0.3) is 10.0 Å². The Morgan fingerprint density at radius 1 is 0.605 bits per heavy atom. The van der Waals surface area contributed by atoms with Crippen LogP contribution in [0.15, 0.2) is 134 Å². The van der Waals surface area contributed by atoms with Crippen molar-refractivity contribution >= 4 is 42.8 Å². The Hall–Kier alpha value is -5.27. The largest absolute Gasteiger partial charge is 0.464 e. The molecule has 0 aliphatic carbocycles. The molecule has 8 aromatic rings. The van der Waals surface area contributed by atoms with E-state index in [2.05, 4.69) is 6.07 Å². The van der Waals surface area contributed by atoms with Crippen LogP contribution in [0.1, 0.15) is 11.1 Å². The third-order valence-corrected chi connectivity index (χ3v) is 9.76. The van der Waals surface area contributed by atoms with Gasteiger partial charge in [0, 0.05) is 38.9 Å². The maximum atomic E-state index is 14.0. The molecule has 6 nitrogen and oxygen atoms in total. The number of aromatic nitrogens is 1. The van der Waals surface area contributed by atoms with Gasteiger partial charge in [-0.2, -0.15) is 0 Å². The molecule has 8 rings (SSSR count). The molecule has 43 heavy (non-hydrogen) atoms. The lowest BCUT2D eigenvalue weighted by molar-refractivity contribution is 0.578. The highest BCUT2D eigenvalue weighted by atomic mass is 32.2. The van der Waals surface area contributed by atoms with Crippen molar-refractivity contribution in [3.8, 4) is 34.0 Å². The summed E-state index contributed by atoms with van der Waals surface area (Å²) in [7, 11) is -3.88. The summed E-state index contributed by atoms with van der Waals surface area (Å²) in [5.74, 6) is 2.21. The van der Waals surface area contributed by atoms with E-state index in [-0.39, 0.29) is 4.90 Å². The van der Waals surface area contributed by atoms with Crippen molar-refractivity contribution in [1.29, 1.82) is 0 Å². The Kier molecular flexibility index (Phi) is 5.55. The normalized spacial score (nSPS) is 12.1. The smallest absolute Gasteiger partial charge is 0.268 e. The number of para-hydroxylation sites is 1. The van der Waals surface area contributed by atoms with Gasteiger partial charge >= 0.3 is 0 Å². The van der Waals surface area contributed by atoms with E-state index in [1.165, 1.54) is 3.97 Å². The van der Waals surface area contributed by atoms with Crippen molar-refractivity contribution in [2.45, 2.75) is 18.7 Å². The maximum absolute atomic E-state index is 14.0. The molecule has 0 amide bonds. The Morgan fingerprint density at radius 2 is 1.23 bits per heavy atom. The molecule has 7 heteroatoms. The molecule has 0 aliphatic rings. The van der Waals surface area contributed by atoms with Crippen LogP contribution in [0.3, 0.4) is 0 Å². The van der Waals surface area contributed by atoms with Gasteiger partial charge in [0.1, 0.15) is 22.9 Å². The van der Waals surface area contributed by atoms with Gasteiger partial charge in [-0.05, 0) is 85.6 Å². The molecular weight excluding hydrogens is 558 g/mol. The number of nitrogens with zero attached hydrogens (tertiary/aromatic N) is 1. The summed E-state index contributed by atoms with van der Waals surface area (Å²) in [5.41, 5.74) is 6.48. The monoisotopic (exact) mass is 583 g/mol. The molecule has 4 aromatic carbocycles. The Balaban J connectivity index is 1.36. The first-order valence-corrected chi connectivity index (χ1v) is 15.3. The van der Waals surface area contributed by atoms with Gasteiger partial charge in [0.2, 0.25) is 0 Å². The molecule has 0 atom stereocenters. The second-order valence-corrected chi connectivity index (χ2v) is 12.6. The van der Waals surface area contributed by atoms with Crippen molar-refractivity contribution < 1.29 is 21.7 Å². The fourth-order valence-corrected chi connectivity index (χ4v) is 7.48. The number of hydrogen-bond acceptors (Lipinski definition) is 5. The predicted molar refractivity (Wildman–Crippen MR) is 169 cm³/mol. The number of aryl methyl sites for hydroxylation is 2. The van der Waals surface area contributed by atoms with Crippen LogP contribution in [-0.2, 0) is 10.0 Å². The van der Waals surface area contributed by atoms with Crippen LogP contribution in [0, 0.1) is 13.8 Å². The average Bonchev–Trinajstić information content (AvgIpc) is 3.81. The molecule has 0 saturated heterocycles. The second kappa shape index (κ2) is 9.37. The standard InChI is InChI=1S/C36H25NO5S/c1-22-12-14-40-35(22)26-16-24(17-27(18-26)36-23(2)13-15-41-36)33-20-25-19-30-29-10-6-7-11-31(29)37(32(30)21-34(25)42-33)43(38,39)28-8-4-3-5-9-28/h3-21H,1-2H3. The summed E-state index contributed by atoms with van der Waals surface area (Å²) < 4.78 is 47.5. The van der Waals surface area contributed by atoms with Crippen LogP contribution in [-0.4, -0.2) is 12.4 Å². The molecule has 0 N–H and O–H groups in total. The van der Waals surface area contributed by atoms with E-state index >= 15 is 0 Å². The zero-order valence-electron chi connectivity index (χ0n) is 23.4. The Morgan fingerprint density at radius 3 is 1.88 bits per heavy atom. The lowest BCUT2D eigenvalue weighted by Crippen LogP contribution is -2.12. The van der Waals surface area contributed by atoms with E-state index in [0.29, 0.717) is 22.4 Å². The van der Waals surface area contributed by atoms with Crippen molar-refractivity contribution in [3.05, 3.63) is 127 Å². The third-order valence-electron chi connectivity index (χ3n) is 8.01. The highest BCUT2D eigenvalue weighted by Gasteiger charge is 2.24. The molecular formula is C36H25NO5S. The summed E-state index contributed by atoms with van der Waals surface area (Å²) in [6.45, 7) is 4.03. The fourth-order valence-electron chi connectivity index (χ4n) is 5.94. The minimum Gasteiger partial charge on any atom is -0.464 e. The van der Waals surface area contributed by atoms with E-state index in [1.54, 1.807) is 42.9 Å². The van der Waals surface area contributed by atoms with Crippen LogP contribution in [0.5, 0.6) is 0 Å². The van der Waals surface area contributed by atoms with Gasteiger partial charge in [-0.15, -0.1) is 0 Å². The lowest BCUT2D eigenvalue weighted by Gasteiger charge is -2.09. The average molecular weight is 584 g/mol. The third kappa shape index (κ3) is 3.96. The van der Waals surface area contributed by atoms with Crippen LogP contribution in [0.2, 0.25) is 0 Å². The van der Waals surface area contributed by atoms with E-state index in [9.17, 15) is 8.42 Å². The van der Waals surface area contributed by atoms with Crippen LogP contribution < -0.4 is 0 Å². The first-order valence-electron chi connectivity index (χ1n) is 13.9. The number of fused-ring (bicyclic) bond motifs is 4. The number of rotatable bonds is 5. The van der Waals surface area contributed by atoms with Gasteiger partial charge in [0.05, 0.1) is 28.5 Å². The summed E-state index contributed by atoms with van der Waals surface area (Å²) >= 11 is 0. The van der Waals surface area contributed by atoms with Gasteiger partial charge in [-0.1, -0.05) is 36.4 Å². The summed E-state index contributed by atoms with van der Waals surface area (Å²) in [6, 6.07) is 31.9. The molecule has 0 aliphatic heterocycles. The van der Waals surface area contributed by atoms with Gasteiger partial charge in [0.15, 0.2) is 0 Å². The van der Waals surface area contributed by atoms with Gasteiger partial charge in [-0.3, -0.25) is 0 Å². The van der Waals surface area contributed by atoms with Crippen LogP contribution >= 0.6 is 0 Å². The Labute approximate surface area is 247 Å². The molecule has 4 heterocycles. The zero-order valence-corrected chi connectivity index (χ0v) is 24.2. The van der Waals surface area contributed by atoms with Crippen LogP contribution in [0.25, 0.3) is 66.7 Å². The first-order chi connectivity index (χ1) is 20.9. The molecule has 0 radical (unpaired) electrons. The minimum atomic E-state index is -3.88. The summed E-state index contributed by atoms with van der Waals surface area (Å²) in [6.07, 6.45) is 3.37. The molecule has 210 valence electrons. The maximum Gasteiger partial charge on any atom is 0.268 e. The quantitative estimate of drug-likeness (QED) is 0.202. The van der Waals surface area contributed by atoms with Crippen molar-refractivity contribution in [2.75, 3.05) is 0 Å². The Bertz CT molecular complexity index is 2380. The van der Waals surface area contributed by atoms with Gasteiger partial charge in [-0.25, -0.2) is 12.4 Å². The van der Waals surface area contributed by atoms with Gasteiger partial charge < -0.3 is 13.3 Å². The highest BCUT2D eigenvalue weighted by Crippen LogP contribution is 2.40. The van der Waals surface area contributed by atoms with Crippen molar-refractivity contribution in [2.24, 2.45) is 0 Å². The van der Waals surface area contributed by atoms with E-state index in [4.69, 9.17) is 13.3 Å². The SMILES string of the molecule is Cc1ccoc1-c1cc(-c2cc3cc4c5ccccc5n(S(=O)(=O)c5ccccc5)c4cc3o2)cc(-c2occc2C)c1. The number of hydrogen-bond donors (Lipinski definition) is 0. The van der Waals surface area contributed by atoms with Crippen molar-refractivity contribution in [3.63, 3.8) is 0 Å². The molecule has 0 unspecified atom stereocenters. The molecule has 4 aromatic heterocycles. The first kappa shape index (κ1) is 25.4. The summed E-state index contributed by atoms with van der Waals surface area (Å²) in [5, 5.41) is 2.56. The number of benzene rings is 4. The zero-order chi connectivity index (χ0) is 29.3. The molecule has 0 bridgehead atoms. The molecule has 0 spiro atoms. The number of furan rings is 3. The van der Waals surface area contributed by atoms with E-state index in [1.807, 2.05) is 80.6 Å². The minimum absolute atomic E-state index is 0.226. The van der Waals surface area contributed by atoms with Crippen LogP contribution in [0.4, 0.5) is 0 Å². The lowest BCUT2D eigenvalue weighted by atomic mass is 9.98. The predicted octanol–water partition coefficient (Wildman–Crippen LogP) is 9.58. The molecule has 0 fully saturated rings. The summed E-state index contributed by atoms with van der Waals surface area (Å²) in [4.78, 5) is 0.226. The second-order valence-electron chi connectivity index (χ2n) is 10.8. The van der Waals surface area contributed by atoms with Crippen molar-refractivity contribution in [1.82, 2.24) is 3.97 Å². The fraction of sp³-hybridized carbons (Fsp3) is 0.0556. The van der Waals surface area contributed by atoms with E-state index < -0.39 is 10.0 Å². The molecule has 0 saturated carbocycles. The van der Waals surface area contributed by atoms with E-state index in [0.717, 1.165) is 55.5 Å². The highest BCUT2D eigenvalue weighted by molar-refractivity contribution is 7.90. The topological polar surface area (TPSA) is 78.5 Å².